The van der Waals surface area contributed by atoms with Crippen LogP contribution in [0, 0.1) is 6.92 Å². The van der Waals surface area contributed by atoms with Crippen LogP contribution in [0.15, 0.2) is 53.7 Å². The van der Waals surface area contributed by atoms with Crippen LogP contribution in [0.3, 0.4) is 0 Å². The highest BCUT2D eigenvalue weighted by Crippen LogP contribution is 2.21. The maximum atomic E-state index is 5.90. The number of tetrazole rings is 1. The van der Waals surface area contributed by atoms with Crippen LogP contribution in [-0.2, 0) is 0 Å². The number of halogens is 1. The van der Waals surface area contributed by atoms with Gasteiger partial charge in [-0.25, -0.2) is 0 Å². The summed E-state index contributed by atoms with van der Waals surface area (Å²) in [4.78, 5) is 0. The van der Waals surface area contributed by atoms with Crippen LogP contribution >= 0.6 is 23.4 Å². The lowest BCUT2D eigenvalue weighted by atomic mass is 10.2. The molecule has 0 aliphatic rings. The van der Waals surface area contributed by atoms with Crippen molar-refractivity contribution in [1.82, 2.24) is 20.2 Å². The fourth-order valence-corrected chi connectivity index (χ4v) is 2.85. The van der Waals surface area contributed by atoms with Crippen LogP contribution in [0.4, 0.5) is 0 Å². The molecule has 0 aliphatic carbocycles. The molecule has 1 aromatic heterocycles. The minimum absolute atomic E-state index is 0.586. The normalized spacial score (nSPS) is 10.7. The number of para-hydroxylation sites is 1. The molecule has 0 bridgehead atoms. The number of rotatable bonds is 6. The Labute approximate surface area is 143 Å². The summed E-state index contributed by atoms with van der Waals surface area (Å²) in [6.07, 6.45) is 0. The summed E-state index contributed by atoms with van der Waals surface area (Å²) in [6, 6.07) is 15.4. The van der Waals surface area contributed by atoms with Gasteiger partial charge in [-0.2, -0.15) is 4.68 Å². The van der Waals surface area contributed by atoms with E-state index in [1.54, 1.807) is 16.4 Å². The summed E-state index contributed by atoms with van der Waals surface area (Å²) in [6.45, 7) is 2.62. The van der Waals surface area contributed by atoms with Crippen LogP contribution in [0.5, 0.6) is 5.75 Å². The van der Waals surface area contributed by atoms with Crippen molar-refractivity contribution in [3.05, 3.63) is 59.1 Å². The van der Waals surface area contributed by atoms with Gasteiger partial charge in [0.1, 0.15) is 5.75 Å². The van der Waals surface area contributed by atoms with Crippen molar-refractivity contribution in [3.63, 3.8) is 0 Å². The SMILES string of the molecule is Cc1ccccc1OCCSc1nnnn1-c1ccc(Cl)cc1. The Morgan fingerprint density at radius 1 is 1.13 bits per heavy atom. The van der Waals surface area contributed by atoms with Gasteiger partial charge in [0.15, 0.2) is 0 Å². The molecular formula is C16H15ClN4OS. The van der Waals surface area contributed by atoms with Crippen LogP contribution in [0.1, 0.15) is 5.56 Å². The molecular weight excluding hydrogens is 332 g/mol. The van der Waals surface area contributed by atoms with Crippen molar-refractivity contribution in [2.24, 2.45) is 0 Å². The topological polar surface area (TPSA) is 52.8 Å². The first-order valence-corrected chi connectivity index (χ1v) is 8.46. The van der Waals surface area contributed by atoms with Crippen LogP contribution < -0.4 is 4.74 Å². The highest BCUT2D eigenvalue weighted by atomic mass is 35.5. The smallest absolute Gasteiger partial charge is 0.214 e. The molecule has 0 saturated carbocycles. The Bertz CT molecular complexity index is 776. The molecule has 2 aromatic carbocycles. The molecule has 0 amide bonds. The molecule has 3 rings (SSSR count). The molecule has 0 spiro atoms. The number of thioether (sulfide) groups is 1. The van der Waals surface area contributed by atoms with Crippen molar-refractivity contribution in [2.75, 3.05) is 12.4 Å². The highest BCUT2D eigenvalue weighted by Gasteiger charge is 2.09. The molecule has 0 atom stereocenters. The van der Waals surface area contributed by atoms with E-state index in [0.29, 0.717) is 11.6 Å². The summed E-state index contributed by atoms with van der Waals surface area (Å²) in [5.74, 6) is 1.66. The second-order valence-corrected chi connectivity index (χ2v) is 6.31. The van der Waals surface area contributed by atoms with E-state index in [-0.39, 0.29) is 0 Å². The summed E-state index contributed by atoms with van der Waals surface area (Å²) in [5, 5.41) is 13.2. The third-order valence-corrected chi connectivity index (χ3v) is 4.31. The zero-order chi connectivity index (χ0) is 16.1. The van der Waals surface area contributed by atoms with Gasteiger partial charge in [-0.15, -0.1) is 5.10 Å². The maximum Gasteiger partial charge on any atom is 0.214 e. The average Bonchev–Trinajstić information content (AvgIpc) is 3.02. The number of hydrogen-bond acceptors (Lipinski definition) is 5. The van der Waals surface area contributed by atoms with E-state index in [1.807, 2.05) is 55.5 Å². The van der Waals surface area contributed by atoms with Gasteiger partial charge >= 0.3 is 0 Å². The van der Waals surface area contributed by atoms with Gasteiger partial charge in [-0.1, -0.05) is 41.6 Å². The lowest BCUT2D eigenvalue weighted by Gasteiger charge is -2.08. The number of aryl methyl sites for hydroxylation is 1. The predicted molar refractivity (Wildman–Crippen MR) is 91.6 cm³/mol. The summed E-state index contributed by atoms with van der Waals surface area (Å²) in [7, 11) is 0. The van der Waals surface area contributed by atoms with E-state index in [2.05, 4.69) is 15.5 Å². The number of benzene rings is 2. The molecule has 5 nitrogen and oxygen atoms in total. The fourth-order valence-electron chi connectivity index (χ4n) is 2.02. The Hall–Kier alpha value is -2.05. The van der Waals surface area contributed by atoms with Crippen LogP contribution in [0.25, 0.3) is 5.69 Å². The van der Waals surface area contributed by atoms with Crippen LogP contribution in [0.2, 0.25) is 5.02 Å². The van der Waals surface area contributed by atoms with Crippen molar-refractivity contribution in [1.29, 1.82) is 0 Å². The maximum absolute atomic E-state index is 5.90. The molecule has 0 fully saturated rings. The van der Waals surface area contributed by atoms with Gasteiger partial charge < -0.3 is 4.74 Å². The van der Waals surface area contributed by atoms with Crippen molar-refractivity contribution < 1.29 is 4.74 Å². The van der Waals surface area contributed by atoms with Gasteiger partial charge in [0.05, 0.1) is 12.3 Å². The van der Waals surface area contributed by atoms with Crippen LogP contribution in [-0.4, -0.2) is 32.6 Å². The number of ether oxygens (including phenoxy) is 1. The predicted octanol–water partition coefficient (Wildman–Crippen LogP) is 3.80. The Morgan fingerprint density at radius 2 is 1.91 bits per heavy atom. The van der Waals surface area contributed by atoms with Gasteiger partial charge in [-0.3, -0.25) is 0 Å². The fraction of sp³-hybridized carbons (Fsp3) is 0.188. The standard InChI is InChI=1S/C16H15ClN4OS/c1-12-4-2-3-5-15(12)22-10-11-23-16-18-19-20-21(16)14-8-6-13(17)7-9-14/h2-9H,10-11H2,1H3. The van der Waals surface area contributed by atoms with E-state index in [9.17, 15) is 0 Å². The first-order valence-electron chi connectivity index (χ1n) is 7.09. The van der Waals surface area contributed by atoms with Crippen molar-refractivity contribution in [3.8, 4) is 11.4 Å². The first-order chi connectivity index (χ1) is 11.2. The number of aromatic nitrogens is 4. The molecule has 0 unspecified atom stereocenters. The molecule has 0 saturated heterocycles. The van der Waals surface area contributed by atoms with E-state index in [1.165, 1.54) is 0 Å². The summed E-state index contributed by atoms with van der Waals surface area (Å²) < 4.78 is 7.47. The van der Waals surface area contributed by atoms with Crippen molar-refractivity contribution >= 4 is 23.4 Å². The lowest BCUT2D eigenvalue weighted by Crippen LogP contribution is -2.04. The third-order valence-electron chi connectivity index (χ3n) is 3.18. The van der Waals surface area contributed by atoms with E-state index in [4.69, 9.17) is 16.3 Å². The molecule has 0 radical (unpaired) electrons. The van der Waals surface area contributed by atoms with E-state index < -0.39 is 0 Å². The highest BCUT2D eigenvalue weighted by molar-refractivity contribution is 7.99. The molecule has 23 heavy (non-hydrogen) atoms. The lowest BCUT2D eigenvalue weighted by molar-refractivity contribution is 0.341. The Balaban J connectivity index is 1.58. The largest absolute Gasteiger partial charge is 0.492 e. The second kappa shape index (κ2) is 7.48. The first kappa shape index (κ1) is 15.8. The Kier molecular flexibility index (Phi) is 5.15. The Morgan fingerprint density at radius 3 is 2.70 bits per heavy atom. The number of nitrogens with zero attached hydrogens (tertiary/aromatic N) is 4. The molecule has 1 heterocycles. The van der Waals surface area contributed by atoms with E-state index >= 15 is 0 Å². The second-order valence-electron chi connectivity index (χ2n) is 4.81. The summed E-state index contributed by atoms with van der Waals surface area (Å²) in [5.41, 5.74) is 2.00. The minimum atomic E-state index is 0.586. The average molecular weight is 347 g/mol. The monoisotopic (exact) mass is 346 g/mol. The molecule has 0 N–H and O–H groups in total. The van der Waals surface area contributed by atoms with E-state index in [0.717, 1.165) is 27.9 Å². The van der Waals surface area contributed by atoms with Gasteiger partial charge in [-0.05, 0) is 53.2 Å². The molecule has 118 valence electrons. The zero-order valence-electron chi connectivity index (χ0n) is 12.5. The van der Waals surface area contributed by atoms with Crippen molar-refractivity contribution in [2.45, 2.75) is 12.1 Å². The minimum Gasteiger partial charge on any atom is -0.492 e. The van der Waals surface area contributed by atoms with Gasteiger partial charge in [0.2, 0.25) is 5.16 Å². The molecule has 7 heteroatoms. The quantitative estimate of drug-likeness (QED) is 0.502. The number of hydrogen-bond donors (Lipinski definition) is 0. The molecule has 3 aromatic rings. The third kappa shape index (κ3) is 4.03. The van der Waals surface area contributed by atoms with Gasteiger partial charge in [0, 0.05) is 10.8 Å². The zero-order valence-corrected chi connectivity index (χ0v) is 14.1. The summed E-state index contributed by atoms with van der Waals surface area (Å²) >= 11 is 7.45. The van der Waals surface area contributed by atoms with Gasteiger partial charge in [0.25, 0.3) is 0 Å². The molecule has 0 aliphatic heterocycles.